The van der Waals surface area contributed by atoms with Crippen molar-refractivity contribution in [2.45, 2.75) is 64.2 Å². The van der Waals surface area contributed by atoms with Crippen LogP contribution in [0.1, 0.15) is 63.3 Å². The summed E-state index contributed by atoms with van der Waals surface area (Å²) in [7, 11) is 0. The number of nitrogens with zero attached hydrogens (tertiary/aromatic N) is 2. The minimum Gasteiger partial charge on any atom is -0.424 e. The summed E-state index contributed by atoms with van der Waals surface area (Å²) in [5.74, 6) is -2.36. The minimum atomic E-state index is -4.68. The molecule has 2 heterocycles. The zero-order valence-electron chi connectivity index (χ0n) is 19.3. The van der Waals surface area contributed by atoms with Gasteiger partial charge in [0.2, 0.25) is 0 Å². The molecule has 36 heavy (non-hydrogen) atoms. The largest absolute Gasteiger partial charge is 0.433 e. The Morgan fingerprint density at radius 1 is 0.861 bits per heavy atom. The van der Waals surface area contributed by atoms with Gasteiger partial charge >= 0.3 is 24.3 Å². The van der Waals surface area contributed by atoms with Crippen LogP contribution in [0.25, 0.3) is 0 Å². The quantitative estimate of drug-likeness (QED) is 0.240. The Morgan fingerprint density at radius 2 is 1.31 bits per heavy atom. The van der Waals surface area contributed by atoms with Crippen molar-refractivity contribution in [3.63, 3.8) is 0 Å². The second-order valence-corrected chi connectivity index (χ2v) is 8.70. The Morgan fingerprint density at radius 3 is 1.64 bits per heavy atom. The van der Waals surface area contributed by atoms with Crippen molar-refractivity contribution in [2.24, 2.45) is 11.3 Å². The van der Waals surface area contributed by atoms with Crippen LogP contribution in [0.2, 0.25) is 0 Å². The topological polar surface area (TPSA) is 78.4 Å². The number of carbonyl (C=O) groups excluding carboxylic acids is 2. The summed E-state index contributed by atoms with van der Waals surface area (Å²) in [6, 6.07) is 3.12. The van der Waals surface area contributed by atoms with Gasteiger partial charge in [0.25, 0.3) is 0 Å². The maximum Gasteiger partial charge on any atom is 0.433 e. The first kappa shape index (κ1) is 27.4. The Bertz CT molecular complexity index is 971. The van der Waals surface area contributed by atoms with E-state index in [2.05, 4.69) is 9.97 Å². The van der Waals surface area contributed by atoms with Crippen molar-refractivity contribution in [1.29, 1.82) is 0 Å². The van der Waals surface area contributed by atoms with Gasteiger partial charge in [0, 0.05) is 0 Å². The van der Waals surface area contributed by atoms with Crippen molar-refractivity contribution >= 4 is 11.9 Å². The predicted molar refractivity (Wildman–Crippen MR) is 114 cm³/mol. The first-order chi connectivity index (χ1) is 16.8. The van der Waals surface area contributed by atoms with E-state index in [1.807, 2.05) is 6.92 Å². The summed E-state index contributed by atoms with van der Waals surface area (Å²) in [4.78, 5) is 32.8. The third-order valence-corrected chi connectivity index (χ3v) is 6.18. The summed E-state index contributed by atoms with van der Waals surface area (Å²) in [5.41, 5.74) is -4.14. The zero-order valence-corrected chi connectivity index (χ0v) is 19.3. The van der Waals surface area contributed by atoms with Gasteiger partial charge in [0.15, 0.2) is 5.41 Å². The molecule has 1 saturated carbocycles. The van der Waals surface area contributed by atoms with E-state index in [-0.39, 0.29) is 30.3 Å². The fraction of sp³-hybridized carbons (Fsp3) is 0.500. The van der Waals surface area contributed by atoms with Crippen molar-refractivity contribution in [1.82, 2.24) is 9.97 Å². The molecule has 1 aliphatic rings. The highest BCUT2D eigenvalue weighted by Gasteiger charge is 2.51. The second kappa shape index (κ2) is 10.8. The number of hydrogen-bond acceptors (Lipinski definition) is 6. The molecule has 1 aliphatic carbocycles. The highest BCUT2D eigenvalue weighted by atomic mass is 19.4. The molecule has 0 aliphatic heterocycles. The van der Waals surface area contributed by atoms with Gasteiger partial charge < -0.3 is 9.47 Å². The molecule has 2 aromatic heterocycles. The molecule has 0 radical (unpaired) electrons. The number of esters is 2. The molecule has 0 bridgehead atoms. The maximum absolute atomic E-state index is 13.2. The van der Waals surface area contributed by atoms with Crippen LogP contribution in [-0.4, -0.2) is 21.9 Å². The van der Waals surface area contributed by atoms with Crippen molar-refractivity contribution in [3.8, 4) is 11.5 Å². The van der Waals surface area contributed by atoms with E-state index in [9.17, 15) is 35.9 Å². The maximum atomic E-state index is 13.2. The van der Waals surface area contributed by atoms with Gasteiger partial charge in [-0.2, -0.15) is 26.3 Å². The number of rotatable bonds is 7. The summed E-state index contributed by atoms with van der Waals surface area (Å²) in [6.07, 6.45) is -3.93. The van der Waals surface area contributed by atoms with E-state index in [1.165, 1.54) is 0 Å². The van der Waals surface area contributed by atoms with Crippen molar-refractivity contribution in [2.75, 3.05) is 0 Å². The number of ether oxygens (including phenoxy) is 2. The summed E-state index contributed by atoms with van der Waals surface area (Å²) >= 11 is 0. The normalized spacial score (nSPS) is 16.4. The summed E-state index contributed by atoms with van der Waals surface area (Å²) in [6.45, 7) is 2.04. The number of pyridine rings is 2. The Hall–Kier alpha value is -3.18. The minimum absolute atomic E-state index is 0.0567. The van der Waals surface area contributed by atoms with Gasteiger partial charge in [-0.15, -0.1) is 0 Å². The molecule has 0 amide bonds. The molecule has 0 saturated heterocycles. The molecule has 0 atom stereocenters. The first-order valence-corrected chi connectivity index (χ1v) is 11.4. The molecule has 0 spiro atoms. The van der Waals surface area contributed by atoms with Gasteiger partial charge in [0.1, 0.15) is 22.9 Å². The highest BCUT2D eigenvalue weighted by Crippen LogP contribution is 2.43. The Labute approximate surface area is 203 Å². The van der Waals surface area contributed by atoms with Crippen LogP contribution in [0.15, 0.2) is 36.7 Å². The van der Waals surface area contributed by atoms with Gasteiger partial charge in [-0.05, 0) is 55.9 Å². The Balaban J connectivity index is 1.80. The Kier molecular flexibility index (Phi) is 8.25. The molecule has 1 fully saturated rings. The van der Waals surface area contributed by atoms with Crippen LogP contribution in [0.4, 0.5) is 26.3 Å². The molecule has 3 rings (SSSR count). The van der Waals surface area contributed by atoms with Gasteiger partial charge in [-0.3, -0.25) is 9.59 Å². The molecular formula is C24H24F6N2O4. The predicted octanol–water partition coefficient (Wildman–Crippen LogP) is 6.39. The third kappa shape index (κ3) is 6.52. The smallest absolute Gasteiger partial charge is 0.424 e. The van der Waals surface area contributed by atoms with Crippen LogP contribution in [0.3, 0.4) is 0 Å². The van der Waals surface area contributed by atoms with Crippen LogP contribution in [0.5, 0.6) is 11.5 Å². The summed E-state index contributed by atoms with van der Waals surface area (Å²) in [5, 5.41) is 0. The average molecular weight is 518 g/mol. The van der Waals surface area contributed by atoms with Crippen molar-refractivity contribution < 1.29 is 45.4 Å². The molecule has 0 N–H and O–H groups in total. The monoisotopic (exact) mass is 518 g/mol. The number of alkyl halides is 6. The van der Waals surface area contributed by atoms with Crippen LogP contribution < -0.4 is 9.47 Å². The SMILES string of the molecule is CCCCC1CCC(C(=O)Oc2ccc(C(F)(F)F)nc2)(C(=O)Oc2ccc(C(F)(F)F)nc2)CC1. The molecule has 0 aromatic carbocycles. The zero-order chi connectivity index (χ0) is 26.6. The number of hydrogen-bond donors (Lipinski definition) is 0. The van der Waals surface area contributed by atoms with Crippen molar-refractivity contribution in [3.05, 3.63) is 48.0 Å². The standard InChI is InChI=1S/C24H24F6N2O4/c1-2-3-4-15-9-11-22(12-10-15,20(33)35-16-5-7-18(31-13-16)23(25,26)27)21(34)36-17-6-8-19(32-14-17)24(28,29)30/h5-8,13-15H,2-4,9-12H2,1H3. The lowest BCUT2D eigenvalue weighted by atomic mass is 9.69. The molecule has 0 unspecified atom stereocenters. The number of carbonyl (C=O) groups is 2. The van der Waals surface area contributed by atoms with Gasteiger partial charge in [0.05, 0.1) is 12.4 Å². The van der Waals surface area contributed by atoms with Crippen LogP contribution in [0, 0.1) is 11.3 Å². The number of aromatic nitrogens is 2. The average Bonchev–Trinajstić information content (AvgIpc) is 2.82. The lowest BCUT2D eigenvalue weighted by Crippen LogP contribution is -2.47. The molecule has 6 nitrogen and oxygen atoms in total. The molecule has 2 aromatic rings. The fourth-order valence-electron chi connectivity index (χ4n) is 4.07. The van der Waals surface area contributed by atoms with E-state index in [1.54, 1.807) is 0 Å². The lowest BCUT2D eigenvalue weighted by Gasteiger charge is -2.36. The van der Waals surface area contributed by atoms with Gasteiger partial charge in [-0.25, -0.2) is 9.97 Å². The second-order valence-electron chi connectivity index (χ2n) is 8.70. The van der Waals surface area contributed by atoms with Gasteiger partial charge in [-0.1, -0.05) is 26.2 Å². The van der Waals surface area contributed by atoms with E-state index in [4.69, 9.17) is 9.47 Å². The first-order valence-electron chi connectivity index (χ1n) is 11.4. The van der Waals surface area contributed by atoms with E-state index in [0.717, 1.165) is 43.8 Å². The lowest BCUT2D eigenvalue weighted by molar-refractivity contribution is -0.164. The number of unbranched alkanes of at least 4 members (excludes halogenated alkanes) is 1. The summed E-state index contributed by atoms with van der Waals surface area (Å²) < 4.78 is 87.0. The third-order valence-electron chi connectivity index (χ3n) is 6.18. The van der Waals surface area contributed by atoms with E-state index < -0.39 is 41.1 Å². The molecular weight excluding hydrogens is 494 g/mol. The molecule has 196 valence electrons. The molecule has 12 heteroatoms. The van der Waals surface area contributed by atoms with Crippen LogP contribution >= 0.6 is 0 Å². The highest BCUT2D eigenvalue weighted by molar-refractivity contribution is 6.01. The number of halogens is 6. The van der Waals surface area contributed by atoms with E-state index >= 15 is 0 Å². The van der Waals surface area contributed by atoms with Crippen LogP contribution in [-0.2, 0) is 21.9 Å². The fourth-order valence-corrected chi connectivity index (χ4v) is 4.07. The van der Waals surface area contributed by atoms with E-state index in [0.29, 0.717) is 25.0 Å².